The molecule has 1 N–H and O–H groups in total. The van der Waals surface area contributed by atoms with Gasteiger partial charge in [-0.2, -0.15) is 0 Å². The minimum atomic E-state index is 0.266. The molecule has 5 nitrogen and oxygen atoms in total. The number of aryl methyl sites for hydroxylation is 1. The zero-order valence-electron chi connectivity index (χ0n) is 11.2. The molecular weight excluding hydrogens is 322 g/mol. The zero-order chi connectivity index (χ0) is 14.1. The first-order chi connectivity index (χ1) is 9.72. The Morgan fingerprint density at radius 3 is 2.80 bits per heavy atom. The van der Waals surface area contributed by atoms with Crippen LogP contribution < -0.4 is 14.8 Å². The number of fused-ring (bicyclic) bond motifs is 1. The van der Waals surface area contributed by atoms with E-state index in [0.717, 1.165) is 39.5 Å². The summed E-state index contributed by atoms with van der Waals surface area (Å²) < 4.78 is 11.6. The first-order valence-corrected chi connectivity index (χ1v) is 7.16. The van der Waals surface area contributed by atoms with E-state index in [4.69, 9.17) is 9.47 Å². The van der Waals surface area contributed by atoms with Gasteiger partial charge in [0.05, 0.1) is 10.2 Å². The third-order valence-electron chi connectivity index (χ3n) is 3.12. The van der Waals surface area contributed by atoms with Gasteiger partial charge in [0, 0.05) is 12.6 Å². The van der Waals surface area contributed by atoms with Gasteiger partial charge in [0.1, 0.15) is 5.82 Å². The smallest absolute Gasteiger partial charge is 0.231 e. The maximum absolute atomic E-state index is 5.39. The van der Waals surface area contributed by atoms with Crippen molar-refractivity contribution in [1.29, 1.82) is 0 Å². The van der Waals surface area contributed by atoms with Crippen LogP contribution in [0.2, 0.25) is 0 Å². The van der Waals surface area contributed by atoms with Gasteiger partial charge in [0.2, 0.25) is 6.79 Å². The minimum Gasteiger partial charge on any atom is -0.454 e. The van der Waals surface area contributed by atoms with Crippen LogP contribution in [0.15, 0.2) is 22.7 Å². The molecule has 1 aliphatic heterocycles. The molecule has 0 radical (unpaired) electrons. The maximum atomic E-state index is 5.39. The Kier molecular flexibility index (Phi) is 3.48. The van der Waals surface area contributed by atoms with Crippen molar-refractivity contribution >= 4 is 21.7 Å². The number of benzene rings is 1. The van der Waals surface area contributed by atoms with Crippen molar-refractivity contribution in [3.63, 3.8) is 0 Å². The fourth-order valence-electron chi connectivity index (χ4n) is 2.06. The van der Waals surface area contributed by atoms with Crippen LogP contribution in [0, 0.1) is 0 Å². The number of rotatable bonds is 3. The van der Waals surface area contributed by atoms with Gasteiger partial charge < -0.3 is 14.8 Å². The fraction of sp³-hybridized carbons (Fsp3) is 0.286. The normalized spacial score (nSPS) is 12.6. The number of hydrogen-bond donors (Lipinski definition) is 1. The Balaban J connectivity index is 2.09. The van der Waals surface area contributed by atoms with Gasteiger partial charge in [-0.1, -0.05) is 6.92 Å². The molecule has 0 atom stereocenters. The first-order valence-electron chi connectivity index (χ1n) is 6.37. The summed E-state index contributed by atoms with van der Waals surface area (Å²) in [6, 6.07) is 5.73. The van der Waals surface area contributed by atoms with Crippen LogP contribution >= 0.6 is 15.9 Å². The Hall–Kier alpha value is -1.82. The lowest BCUT2D eigenvalue weighted by atomic mass is 10.2. The van der Waals surface area contributed by atoms with Crippen molar-refractivity contribution in [2.75, 3.05) is 19.2 Å². The summed E-state index contributed by atoms with van der Waals surface area (Å²) in [6.07, 6.45) is 0.829. The molecule has 0 unspecified atom stereocenters. The molecule has 104 valence electrons. The van der Waals surface area contributed by atoms with Crippen molar-refractivity contribution in [3.8, 4) is 22.9 Å². The summed E-state index contributed by atoms with van der Waals surface area (Å²) in [6.45, 7) is 2.33. The van der Waals surface area contributed by atoms with Crippen LogP contribution in [0.1, 0.15) is 12.6 Å². The van der Waals surface area contributed by atoms with Crippen LogP contribution in [0.3, 0.4) is 0 Å². The molecule has 6 heteroatoms. The maximum Gasteiger partial charge on any atom is 0.231 e. The second-order valence-electron chi connectivity index (χ2n) is 4.33. The van der Waals surface area contributed by atoms with Crippen molar-refractivity contribution in [3.05, 3.63) is 28.4 Å². The predicted octanol–water partition coefficient (Wildman–Crippen LogP) is 3.24. The quantitative estimate of drug-likeness (QED) is 0.933. The third kappa shape index (κ3) is 2.20. The topological polar surface area (TPSA) is 56.3 Å². The first kappa shape index (κ1) is 13.2. The van der Waals surface area contributed by atoms with Gasteiger partial charge in [-0.25, -0.2) is 9.97 Å². The number of nitrogens with one attached hydrogen (secondary N) is 1. The van der Waals surface area contributed by atoms with Crippen LogP contribution in [0.5, 0.6) is 11.5 Å². The molecule has 1 aromatic carbocycles. The summed E-state index contributed by atoms with van der Waals surface area (Å²) in [4.78, 5) is 9.13. The molecule has 0 bridgehead atoms. The van der Waals surface area contributed by atoms with Gasteiger partial charge in [-0.05, 0) is 40.5 Å². The van der Waals surface area contributed by atoms with Crippen LogP contribution in [0.25, 0.3) is 11.4 Å². The summed E-state index contributed by atoms with van der Waals surface area (Å²) in [5, 5.41) is 3.08. The fourth-order valence-corrected chi connectivity index (χ4v) is 2.71. The molecular formula is C14H14BrN3O2. The van der Waals surface area contributed by atoms with Crippen molar-refractivity contribution < 1.29 is 9.47 Å². The summed E-state index contributed by atoms with van der Waals surface area (Å²) >= 11 is 3.53. The van der Waals surface area contributed by atoms with Crippen molar-refractivity contribution in [2.24, 2.45) is 0 Å². The number of halogens is 1. The van der Waals surface area contributed by atoms with Gasteiger partial charge >= 0.3 is 0 Å². The van der Waals surface area contributed by atoms with Crippen LogP contribution in [-0.4, -0.2) is 23.8 Å². The molecule has 0 fully saturated rings. The molecule has 0 saturated carbocycles. The Morgan fingerprint density at radius 1 is 1.25 bits per heavy atom. The highest BCUT2D eigenvalue weighted by atomic mass is 79.9. The minimum absolute atomic E-state index is 0.266. The lowest BCUT2D eigenvalue weighted by molar-refractivity contribution is 0.174. The van der Waals surface area contributed by atoms with E-state index in [1.54, 1.807) is 0 Å². The lowest BCUT2D eigenvalue weighted by Gasteiger charge is -2.10. The average molecular weight is 336 g/mol. The largest absolute Gasteiger partial charge is 0.454 e. The monoisotopic (exact) mass is 335 g/mol. The molecule has 0 saturated heterocycles. The number of hydrogen-bond acceptors (Lipinski definition) is 5. The van der Waals surface area contributed by atoms with Crippen molar-refractivity contribution in [1.82, 2.24) is 9.97 Å². The second kappa shape index (κ2) is 5.28. The van der Waals surface area contributed by atoms with E-state index in [1.807, 2.05) is 25.2 Å². The van der Waals surface area contributed by atoms with Crippen LogP contribution in [0.4, 0.5) is 5.82 Å². The predicted molar refractivity (Wildman–Crippen MR) is 80.2 cm³/mol. The highest BCUT2D eigenvalue weighted by Crippen LogP contribution is 2.36. The molecule has 20 heavy (non-hydrogen) atoms. The summed E-state index contributed by atoms with van der Waals surface area (Å²) in [7, 11) is 1.84. The Morgan fingerprint density at radius 2 is 2.05 bits per heavy atom. The van der Waals surface area contributed by atoms with Gasteiger partial charge in [0.15, 0.2) is 17.3 Å². The number of anilines is 1. The Bertz CT molecular complexity index is 636. The second-order valence-corrected chi connectivity index (χ2v) is 5.12. The summed E-state index contributed by atoms with van der Waals surface area (Å²) in [5.41, 5.74) is 1.88. The molecule has 0 amide bonds. The summed E-state index contributed by atoms with van der Waals surface area (Å²) in [5.74, 6) is 2.95. The van der Waals surface area contributed by atoms with E-state index in [0.29, 0.717) is 5.82 Å². The van der Waals surface area contributed by atoms with E-state index in [1.165, 1.54) is 0 Å². The molecule has 1 aromatic heterocycles. The number of aromatic nitrogens is 2. The highest BCUT2D eigenvalue weighted by Gasteiger charge is 2.16. The van der Waals surface area contributed by atoms with E-state index >= 15 is 0 Å². The molecule has 2 heterocycles. The zero-order valence-corrected chi connectivity index (χ0v) is 12.8. The van der Waals surface area contributed by atoms with Crippen LogP contribution in [-0.2, 0) is 6.42 Å². The van der Waals surface area contributed by atoms with E-state index in [2.05, 4.69) is 38.1 Å². The van der Waals surface area contributed by atoms with E-state index in [9.17, 15) is 0 Å². The number of nitrogens with zero attached hydrogens (tertiary/aromatic N) is 2. The van der Waals surface area contributed by atoms with Gasteiger partial charge in [0.25, 0.3) is 0 Å². The van der Waals surface area contributed by atoms with Crippen molar-refractivity contribution in [2.45, 2.75) is 13.3 Å². The molecule has 1 aliphatic rings. The Labute approximate surface area is 125 Å². The molecule has 0 aliphatic carbocycles. The van der Waals surface area contributed by atoms with Gasteiger partial charge in [-0.15, -0.1) is 0 Å². The highest BCUT2D eigenvalue weighted by molar-refractivity contribution is 9.10. The van der Waals surface area contributed by atoms with E-state index < -0.39 is 0 Å². The molecule has 0 spiro atoms. The lowest BCUT2D eigenvalue weighted by Crippen LogP contribution is -2.02. The van der Waals surface area contributed by atoms with Gasteiger partial charge in [-0.3, -0.25) is 0 Å². The molecule has 3 rings (SSSR count). The SMILES string of the molecule is CCc1nc(-c2ccc3c(c2)OCO3)nc(NC)c1Br. The average Bonchev–Trinajstić information content (AvgIpc) is 2.95. The standard InChI is InChI=1S/C14H14BrN3O2/c1-3-9-12(15)14(16-2)18-13(17-9)8-4-5-10-11(6-8)20-7-19-10/h4-6H,3,7H2,1-2H3,(H,16,17,18). The number of ether oxygens (including phenoxy) is 2. The van der Waals surface area contributed by atoms with E-state index in [-0.39, 0.29) is 6.79 Å². The molecule has 2 aromatic rings. The third-order valence-corrected chi connectivity index (χ3v) is 3.96.